The molecule has 1 aromatic heterocycles. The molecule has 0 spiro atoms. The summed E-state index contributed by atoms with van der Waals surface area (Å²) >= 11 is 0. The van der Waals surface area contributed by atoms with Gasteiger partial charge in [0, 0.05) is 23.2 Å². The molecule has 2 aromatic rings. The van der Waals surface area contributed by atoms with E-state index in [-0.39, 0.29) is 17.9 Å². The average molecular weight is 285 g/mol. The number of amides is 2. The largest absolute Gasteiger partial charge is 0.360 e. The van der Waals surface area contributed by atoms with Gasteiger partial charge in [0.15, 0.2) is 5.82 Å². The summed E-state index contributed by atoms with van der Waals surface area (Å²) in [6.45, 7) is 1.74. The first-order chi connectivity index (χ1) is 10.1. The predicted octanol–water partition coefficient (Wildman–Crippen LogP) is 2.13. The molecular weight excluding hydrogens is 270 g/mol. The van der Waals surface area contributed by atoms with Gasteiger partial charge in [-0.2, -0.15) is 0 Å². The molecule has 2 N–H and O–H groups in total. The molecule has 6 heteroatoms. The lowest BCUT2D eigenvalue weighted by molar-refractivity contribution is 0.0951. The van der Waals surface area contributed by atoms with E-state index in [1.54, 1.807) is 37.3 Å². The summed E-state index contributed by atoms with van der Waals surface area (Å²) in [4.78, 5) is 24.1. The van der Waals surface area contributed by atoms with Gasteiger partial charge in [0.05, 0.1) is 0 Å². The number of aromatic nitrogens is 1. The first-order valence-electron chi connectivity index (χ1n) is 6.77. The summed E-state index contributed by atoms with van der Waals surface area (Å²) in [5, 5.41) is 9.21. The second kappa shape index (κ2) is 5.40. The van der Waals surface area contributed by atoms with E-state index in [1.807, 2.05) is 0 Å². The maximum Gasteiger partial charge on any atom is 0.256 e. The summed E-state index contributed by atoms with van der Waals surface area (Å²) in [5.41, 5.74) is 0.880. The molecule has 1 aliphatic rings. The minimum absolute atomic E-state index is 0.149. The fourth-order valence-corrected chi connectivity index (χ4v) is 1.91. The molecule has 0 radical (unpaired) electrons. The first-order valence-corrected chi connectivity index (χ1v) is 6.77. The molecule has 1 saturated carbocycles. The third-order valence-electron chi connectivity index (χ3n) is 3.17. The van der Waals surface area contributed by atoms with Crippen molar-refractivity contribution in [1.29, 1.82) is 0 Å². The third kappa shape index (κ3) is 3.28. The predicted molar refractivity (Wildman–Crippen MR) is 76.1 cm³/mol. The minimum Gasteiger partial charge on any atom is -0.360 e. The van der Waals surface area contributed by atoms with Crippen LogP contribution < -0.4 is 10.6 Å². The van der Waals surface area contributed by atoms with Crippen molar-refractivity contribution in [1.82, 2.24) is 10.5 Å². The van der Waals surface area contributed by atoms with Crippen molar-refractivity contribution in [3.05, 3.63) is 47.2 Å². The lowest BCUT2D eigenvalue weighted by Gasteiger charge is -2.05. The Labute approximate surface area is 121 Å². The molecule has 108 valence electrons. The van der Waals surface area contributed by atoms with E-state index in [2.05, 4.69) is 15.8 Å². The molecule has 0 bridgehead atoms. The Bertz CT molecular complexity index is 689. The van der Waals surface area contributed by atoms with Crippen molar-refractivity contribution < 1.29 is 14.1 Å². The maximum absolute atomic E-state index is 12.1. The topological polar surface area (TPSA) is 84.2 Å². The van der Waals surface area contributed by atoms with Crippen LogP contribution in [0.25, 0.3) is 0 Å². The summed E-state index contributed by atoms with van der Waals surface area (Å²) in [7, 11) is 0. The highest BCUT2D eigenvalue weighted by molar-refractivity contribution is 6.05. The lowest BCUT2D eigenvalue weighted by Crippen LogP contribution is -2.25. The van der Waals surface area contributed by atoms with E-state index in [1.165, 1.54) is 0 Å². The Kier molecular flexibility index (Phi) is 3.43. The molecule has 6 nitrogen and oxygen atoms in total. The number of hydrogen-bond donors (Lipinski definition) is 2. The number of nitrogens with one attached hydrogen (secondary N) is 2. The quantitative estimate of drug-likeness (QED) is 0.901. The van der Waals surface area contributed by atoms with Crippen LogP contribution in [0.5, 0.6) is 0 Å². The smallest absolute Gasteiger partial charge is 0.256 e. The van der Waals surface area contributed by atoms with Gasteiger partial charge in [0.1, 0.15) is 5.76 Å². The molecule has 1 aliphatic carbocycles. The zero-order valence-corrected chi connectivity index (χ0v) is 11.6. The summed E-state index contributed by atoms with van der Waals surface area (Å²) < 4.78 is 4.89. The van der Waals surface area contributed by atoms with Crippen LogP contribution in [0.15, 0.2) is 34.9 Å². The van der Waals surface area contributed by atoms with Crippen LogP contribution in [0.3, 0.4) is 0 Å². The van der Waals surface area contributed by atoms with E-state index in [0.29, 0.717) is 22.7 Å². The molecule has 0 atom stereocenters. The van der Waals surface area contributed by atoms with Gasteiger partial charge in [-0.25, -0.2) is 0 Å². The molecule has 0 unspecified atom stereocenters. The van der Waals surface area contributed by atoms with Crippen LogP contribution in [-0.2, 0) is 0 Å². The van der Waals surface area contributed by atoms with Gasteiger partial charge < -0.3 is 15.2 Å². The van der Waals surface area contributed by atoms with Crippen LogP contribution in [0.2, 0.25) is 0 Å². The van der Waals surface area contributed by atoms with Crippen LogP contribution in [0.1, 0.15) is 39.3 Å². The van der Waals surface area contributed by atoms with Gasteiger partial charge >= 0.3 is 0 Å². The fourth-order valence-electron chi connectivity index (χ4n) is 1.91. The second-order valence-corrected chi connectivity index (χ2v) is 5.11. The Morgan fingerprint density at radius 3 is 2.52 bits per heavy atom. The van der Waals surface area contributed by atoms with Crippen molar-refractivity contribution in [2.24, 2.45) is 0 Å². The van der Waals surface area contributed by atoms with E-state index < -0.39 is 0 Å². The first kappa shape index (κ1) is 13.4. The van der Waals surface area contributed by atoms with Crippen molar-refractivity contribution in [3.8, 4) is 0 Å². The molecule has 0 aliphatic heterocycles. The average Bonchev–Trinajstić information content (AvgIpc) is 3.20. The number of anilines is 1. The van der Waals surface area contributed by atoms with Gasteiger partial charge in [-0.05, 0) is 38.0 Å². The van der Waals surface area contributed by atoms with E-state index in [4.69, 9.17) is 4.52 Å². The highest BCUT2D eigenvalue weighted by atomic mass is 16.5. The molecule has 1 aromatic carbocycles. The fraction of sp³-hybridized carbons (Fsp3) is 0.267. The standard InChI is InChI=1S/C15H15N3O3/c1-9-7-13(18-21-9)17-15(20)11-4-2-3-10(8-11)14(19)16-12-5-6-12/h2-4,7-8,12H,5-6H2,1H3,(H,16,19)(H,17,18,20). The molecule has 2 amide bonds. The van der Waals surface area contributed by atoms with E-state index >= 15 is 0 Å². The van der Waals surface area contributed by atoms with Gasteiger partial charge in [-0.15, -0.1) is 0 Å². The van der Waals surface area contributed by atoms with Crippen molar-refractivity contribution in [2.45, 2.75) is 25.8 Å². The Balaban J connectivity index is 1.72. The second-order valence-electron chi connectivity index (χ2n) is 5.11. The number of hydrogen-bond acceptors (Lipinski definition) is 4. The van der Waals surface area contributed by atoms with Gasteiger partial charge in [0.25, 0.3) is 11.8 Å². The molecule has 21 heavy (non-hydrogen) atoms. The Morgan fingerprint density at radius 2 is 1.90 bits per heavy atom. The monoisotopic (exact) mass is 285 g/mol. The Hall–Kier alpha value is -2.63. The molecule has 0 saturated heterocycles. The number of nitrogens with zero attached hydrogens (tertiary/aromatic N) is 1. The molecule has 1 heterocycles. The van der Waals surface area contributed by atoms with Gasteiger partial charge in [-0.3, -0.25) is 9.59 Å². The highest BCUT2D eigenvalue weighted by Gasteiger charge is 2.24. The maximum atomic E-state index is 12.1. The number of benzene rings is 1. The van der Waals surface area contributed by atoms with Crippen molar-refractivity contribution in [2.75, 3.05) is 5.32 Å². The SMILES string of the molecule is Cc1cc(NC(=O)c2cccc(C(=O)NC3CC3)c2)no1. The van der Waals surface area contributed by atoms with Crippen LogP contribution in [0.4, 0.5) is 5.82 Å². The Morgan fingerprint density at radius 1 is 1.19 bits per heavy atom. The van der Waals surface area contributed by atoms with Gasteiger partial charge in [0.2, 0.25) is 0 Å². The van der Waals surface area contributed by atoms with Gasteiger partial charge in [-0.1, -0.05) is 11.2 Å². The zero-order chi connectivity index (χ0) is 14.8. The third-order valence-corrected chi connectivity index (χ3v) is 3.17. The number of aryl methyl sites for hydroxylation is 1. The van der Waals surface area contributed by atoms with Crippen LogP contribution in [0, 0.1) is 6.92 Å². The molecular formula is C15H15N3O3. The van der Waals surface area contributed by atoms with E-state index in [0.717, 1.165) is 12.8 Å². The van der Waals surface area contributed by atoms with Crippen molar-refractivity contribution in [3.63, 3.8) is 0 Å². The summed E-state index contributed by atoms with van der Waals surface area (Å²) in [6.07, 6.45) is 2.05. The number of carbonyl (C=O) groups excluding carboxylic acids is 2. The normalized spacial score (nSPS) is 13.8. The number of carbonyl (C=O) groups is 2. The summed E-state index contributed by atoms with van der Waals surface area (Å²) in [5.74, 6) is 0.488. The highest BCUT2D eigenvalue weighted by Crippen LogP contribution is 2.19. The van der Waals surface area contributed by atoms with Crippen LogP contribution >= 0.6 is 0 Å². The molecule has 1 fully saturated rings. The molecule has 3 rings (SSSR count). The zero-order valence-electron chi connectivity index (χ0n) is 11.6. The van der Waals surface area contributed by atoms with Crippen molar-refractivity contribution >= 4 is 17.6 Å². The minimum atomic E-state index is -0.329. The summed E-state index contributed by atoms with van der Waals surface area (Å²) in [6, 6.07) is 8.50. The lowest BCUT2D eigenvalue weighted by atomic mass is 10.1. The van der Waals surface area contributed by atoms with E-state index in [9.17, 15) is 9.59 Å². The van der Waals surface area contributed by atoms with Crippen LogP contribution in [-0.4, -0.2) is 23.0 Å². The number of rotatable bonds is 4.